The molecule has 0 fully saturated rings. The fourth-order valence-electron chi connectivity index (χ4n) is 5.58. The van der Waals surface area contributed by atoms with Gasteiger partial charge in [-0.25, -0.2) is 4.99 Å². The standard InChI is InChI=1S/C36H37N5O5/c1-44-32-15-8-6-12-27(32)20-21-38-35(43)36(24-26-10-3-2-4-11-26)33(31-14-7-5-13-29(31)25-39-41-37)46-34(40-36)28-16-18-30(19-17-28)45-23-9-22-42/h2-8,10-19,33,42H,9,20-25H2,1H3,(H,38,43)/t33-,36-/m1/s1. The maximum atomic E-state index is 14.6. The third-order valence-electron chi connectivity index (χ3n) is 7.86. The summed E-state index contributed by atoms with van der Waals surface area (Å²) in [6, 6.07) is 32.3. The first-order chi connectivity index (χ1) is 22.6. The number of ether oxygens (including phenoxy) is 3. The lowest BCUT2D eigenvalue weighted by Gasteiger charge is -2.32. The second-order valence-electron chi connectivity index (χ2n) is 10.9. The predicted molar refractivity (Wildman–Crippen MR) is 176 cm³/mol. The molecule has 0 radical (unpaired) electrons. The maximum Gasteiger partial charge on any atom is 0.252 e. The fourth-order valence-corrected chi connectivity index (χ4v) is 5.58. The van der Waals surface area contributed by atoms with E-state index < -0.39 is 11.6 Å². The summed E-state index contributed by atoms with van der Waals surface area (Å²) in [5, 5.41) is 16.0. The molecule has 4 aromatic rings. The summed E-state index contributed by atoms with van der Waals surface area (Å²) in [6.07, 6.45) is 0.535. The number of rotatable bonds is 15. The number of carbonyl (C=O) groups is 1. The molecule has 2 atom stereocenters. The van der Waals surface area contributed by atoms with Crippen molar-refractivity contribution in [1.82, 2.24) is 5.32 Å². The van der Waals surface area contributed by atoms with E-state index in [1.54, 1.807) is 7.11 Å². The molecule has 0 unspecified atom stereocenters. The van der Waals surface area contributed by atoms with Crippen molar-refractivity contribution in [3.63, 3.8) is 0 Å². The van der Waals surface area contributed by atoms with E-state index in [4.69, 9.17) is 29.8 Å². The Bertz CT molecular complexity index is 1690. The van der Waals surface area contributed by atoms with E-state index in [1.165, 1.54) is 0 Å². The molecule has 4 aromatic carbocycles. The largest absolute Gasteiger partial charge is 0.496 e. The van der Waals surface area contributed by atoms with Crippen molar-refractivity contribution in [2.75, 3.05) is 26.9 Å². The lowest BCUT2D eigenvalue weighted by Crippen LogP contribution is -2.50. The van der Waals surface area contributed by atoms with E-state index in [9.17, 15) is 4.79 Å². The van der Waals surface area contributed by atoms with Gasteiger partial charge in [0.2, 0.25) is 5.90 Å². The lowest BCUT2D eigenvalue weighted by atomic mass is 9.80. The number of para-hydroxylation sites is 1. The molecular formula is C36H37N5O5. The zero-order valence-corrected chi connectivity index (χ0v) is 25.7. The molecule has 0 saturated heterocycles. The number of aliphatic imine (C=N–C) groups is 1. The van der Waals surface area contributed by atoms with E-state index >= 15 is 0 Å². The number of aliphatic hydroxyl groups excluding tert-OH is 1. The Kier molecular flexibility index (Phi) is 10.9. The zero-order chi connectivity index (χ0) is 32.2. The van der Waals surface area contributed by atoms with Crippen LogP contribution in [0.2, 0.25) is 0 Å². The Labute approximate surface area is 268 Å². The van der Waals surface area contributed by atoms with Crippen LogP contribution in [0.3, 0.4) is 0 Å². The first-order valence-corrected chi connectivity index (χ1v) is 15.2. The van der Waals surface area contributed by atoms with Crippen molar-refractivity contribution in [2.45, 2.75) is 37.5 Å². The number of methoxy groups -OCH3 is 1. The van der Waals surface area contributed by atoms with Gasteiger partial charge in [0, 0.05) is 36.5 Å². The minimum absolute atomic E-state index is 0.0513. The fraction of sp³-hybridized carbons (Fsp3) is 0.278. The third kappa shape index (κ3) is 7.48. The number of hydrogen-bond acceptors (Lipinski definition) is 7. The monoisotopic (exact) mass is 619 g/mol. The minimum atomic E-state index is -1.39. The number of amides is 1. The van der Waals surface area contributed by atoms with Crippen molar-refractivity contribution < 1.29 is 24.1 Å². The van der Waals surface area contributed by atoms with Crippen LogP contribution in [0.15, 0.2) is 113 Å². The van der Waals surface area contributed by atoms with Crippen LogP contribution in [0, 0.1) is 0 Å². The Balaban J connectivity index is 1.55. The third-order valence-corrected chi connectivity index (χ3v) is 7.86. The molecule has 1 aliphatic heterocycles. The first kappa shape index (κ1) is 32.1. The van der Waals surface area contributed by atoms with Crippen molar-refractivity contribution in [3.05, 3.63) is 141 Å². The van der Waals surface area contributed by atoms with E-state index in [-0.39, 0.29) is 25.5 Å². The molecular weight excluding hydrogens is 582 g/mol. The molecule has 0 saturated carbocycles. The molecule has 46 heavy (non-hydrogen) atoms. The van der Waals surface area contributed by atoms with Crippen LogP contribution in [0.4, 0.5) is 0 Å². The molecule has 5 rings (SSSR count). The number of nitrogens with zero attached hydrogens (tertiary/aromatic N) is 4. The molecule has 0 aromatic heterocycles. The Morgan fingerprint density at radius 2 is 1.72 bits per heavy atom. The topological polar surface area (TPSA) is 138 Å². The van der Waals surface area contributed by atoms with Gasteiger partial charge >= 0.3 is 0 Å². The smallest absolute Gasteiger partial charge is 0.252 e. The molecule has 2 N–H and O–H groups in total. The summed E-state index contributed by atoms with van der Waals surface area (Å²) in [4.78, 5) is 22.6. The number of hydrogen-bond donors (Lipinski definition) is 2. The van der Waals surface area contributed by atoms with Crippen LogP contribution < -0.4 is 14.8 Å². The van der Waals surface area contributed by atoms with Crippen molar-refractivity contribution >= 4 is 11.8 Å². The second-order valence-corrected chi connectivity index (χ2v) is 10.9. The highest BCUT2D eigenvalue weighted by Gasteiger charge is 2.53. The van der Waals surface area contributed by atoms with Crippen LogP contribution >= 0.6 is 0 Å². The second kappa shape index (κ2) is 15.6. The molecule has 10 nitrogen and oxygen atoms in total. The molecule has 0 bridgehead atoms. The van der Waals surface area contributed by atoms with Gasteiger partial charge in [0.25, 0.3) is 5.91 Å². The molecule has 1 amide bonds. The minimum Gasteiger partial charge on any atom is -0.496 e. The van der Waals surface area contributed by atoms with Crippen molar-refractivity contribution in [2.24, 2.45) is 10.1 Å². The van der Waals surface area contributed by atoms with Gasteiger partial charge < -0.3 is 24.6 Å². The van der Waals surface area contributed by atoms with Crippen LogP contribution in [0.1, 0.15) is 40.3 Å². The average Bonchev–Trinajstić information content (AvgIpc) is 3.48. The molecule has 1 aliphatic rings. The molecule has 1 heterocycles. The van der Waals surface area contributed by atoms with Crippen LogP contribution in [0.25, 0.3) is 10.4 Å². The van der Waals surface area contributed by atoms with Gasteiger partial charge in [-0.2, -0.15) is 0 Å². The van der Waals surface area contributed by atoms with E-state index in [1.807, 2.05) is 103 Å². The summed E-state index contributed by atoms with van der Waals surface area (Å²) < 4.78 is 17.9. The first-order valence-electron chi connectivity index (χ1n) is 15.2. The Hall–Kier alpha value is -5.31. The van der Waals surface area contributed by atoms with Gasteiger partial charge in [0.15, 0.2) is 11.6 Å². The van der Waals surface area contributed by atoms with Gasteiger partial charge in [0.1, 0.15) is 11.5 Å². The summed E-state index contributed by atoms with van der Waals surface area (Å²) in [5.41, 5.74) is 11.7. The zero-order valence-electron chi connectivity index (χ0n) is 25.7. The Morgan fingerprint density at radius 1 is 1.00 bits per heavy atom. The summed E-state index contributed by atoms with van der Waals surface area (Å²) in [7, 11) is 1.63. The van der Waals surface area contributed by atoms with E-state index in [0.717, 1.165) is 22.4 Å². The molecule has 0 spiro atoms. The molecule has 10 heteroatoms. The van der Waals surface area contributed by atoms with E-state index in [0.29, 0.717) is 48.8 Å². The number of benzene rings is 4. The van der Waals surface area contributed by atoms with Gasteiger partial charge in [-0.15, -0.1) is 0 Å². The number of azide groups is 1. The average molecular weight is 620 g/mol. The van der Waals surface area contributed by atoms with E-state index in [2.05, 4.69) is 15.3 Å². The summed E-state index contributed by atoms with van der Waals surface area (Å²) >= 11 is 0. The number of carbonyl (C=O) groups excluding carboxylic acids is 1. The quantitative estimate of drug-likeness (QED) is 0.0714. The molecule has 236 valence electrons. The lowest BCUT2D eigenvalue weighted by molar-refractivity contribution is -0.128. The highest BCUT2D eigenvalue weighted by Crippen LogP contribution is 2.44. The van der Waals surface area contributed by atoms with Crippen LogP contribution in [-0.2, 0) is 28.9 Å². The molecule has 0 aliphatic carbocycles. The summed E-state index contributed by atoms with van der Waals surface area (Å²) in [5.74, 6) is 1.45. The predicted octanol–water partition coefficient (Wildman–Crippen LogP) is 6.13. The van der Waals surface area contributed by atoms with Gasteiger partial charge in [-0.05, 0) is 64.5 Å². The maximum absolute atomic E-state index is 14.6. The van der Waals surface area contributed by atoms with Crippen molar-refractivity contribution in [3.8, 4) is 11.5 Å². The normalized spacial score (nSPS) is 16.9. The number of aliphatic hydroxyl groups is 1. The SMILES string of the molecule is COc1ccccc1CCNC(=O)[C@]1(Cc2ccccc2)N=C(c2ccc(OCCCO)cc2)O[C@@H]1c1ccccc1CN=[N+]=[N-]. The van der Waals surface area contributed by atoms with Crippen LogP contribution in [0.5, 0.6) is 11.5 Å². The van der Waals surface area contributed by atoms with Crippen LogP contribution in [-0.4, -0.2) is 49.3 Å². The van der Waals surface area contributed by atoms with Gasteiger partial charge in [0.05, 0.1) is 20.3 Å². The number of nitrogens with one attached hydrogen (secondary N) is 1. The highest BCUT2D eigenvalue weighted by molar-refractivity contribution is 6.01. The Morgan fingerprint density at radius 3 is 2.46 bits per heavy atom. The van der Waals surface area contributed by atoms with Gasteiger partial charge in [-0.1, -0.05) is 77.9 Å². The highest BCUT2D eigenvalue weighted by atomic mass is 16.5. The summed E-state index contributed by atoms with van der Waals surface area (Å²) in [6.45, 7) is 0.897. The van der Waals surface area contributed by atoms with Crippen molar-refractivity contribution in [1.29, 1.82) is 0 Å². The van der Waals surface area contributed by atoms with Gasteiger partial charge in [-0.3, -0.25) is 4.79 Å².